The highest BCUT2D eigenvalue weighted by molar-refractivity contribution is 6.43. The zero-order valence-electron chi connectivity index (χ0n) is 23.1. The van der Waals surface area contributed by atoms with Crippen LogP contribution in [0.5, 0.6) is 5.75 Å². The number of amides is 2. The highest BCUT2D eigenvalue weighted by Crippen LogP contribution is 2.33. The summed E-state index contributed by atoms with van der Waals surface area (Å²) in [6.07, 6.45) is 2.43. The van der Waals surface area contributed by atoms with Crippen molar-refractivity contribution in [3.05, 3.63) is 41.5 Å². The van der Waals surface area contributed by atoms with E-state index in [1.165, 1.54) is 18.1 Å². The summed E-state index contributed by atoms with van der Waals surface area (Å²) in [6, 6.07) is 8.34. The topological polar surface area (TPSA) is 135 Å². The van der Waals surface area contributed by atoms with E-state index in [-0.39, 0.29) is 31.6 Å². The zero-order valence-corrected chi connectivity index (χ0v) is 23.1. The van der Waals surface area contributed by atoms with Crippen LogP contribution < -0.4 is 10.1 Å². The Labute approximate surface area is 233 Å². The van der Waals surface area contributed by atoms with Gasteiger partial charge in [0, 0.05) is 25.0 Å². The second-order valence-electron chi connectivity index (χ2n) is 10.8. The molecule has 2 saturated heterocycles. The molecule has 2 amide bonds. The van der Waals surface area contributed by atoms with Crippen molar-refractivity contribution in [1.82, 2.24) is 15.1 Å². The zero-order chi connectivity index (χ0) is 29.5. The largest absolute Gasteiger partial charge is 0.497 e. The monoisotopic (exact) mass is 562 g/mol. The Morgan fingerprint density at radius 1 is 1.27 bits per heavy atom. The Bertz CT molecular complexity index is 1110. The van der Waals surface area contributed by atoms with E-state index in [1.807, 2.05) is 6.07 Å². The molecule has 2 heterocycles. The van der Waals surface area contributed by atoms with Crippen LogP contribution in [0.2, 0.25) is 0 Å². The van der Waals surface area contributed by atoms with Crippen LogP contribution in [0.3, 0.4) is 0 Å². The van der Waals surface area contributed by atoms with Gasteiger partial charge in [-0.05, 0) is 63.3 Å². The van der Waals surface area contributed by atoms with Crippen LogP contribution in [0.15, 0.2) is 35.9 Å². The molecule has 0 radical (unpaired) electrons. The fourth-order valence-corrected chi connectivity index (χ4v) is 5.02. The summed E-state index contributed by atoms with van der Waals surface area (Å²) in [5, 5.41) is 31.8. The molecule has 1 aromatic carbocycles. The van der Waals surface area contributed by atoms with Crippen LogP contribution in [-0.2, 0) is 16.0 Å². The molecular weight excluding hydrogens is 525 g/mol. The molecule has 0 aliphatic carbocycles. The molecule has 1 unspecified atom stereocenters. The van der Waals surface area contributed by atoms with Gasteiger partial charge in [-0.1, -0.05) is 12.1 Å². The second kappa shape index (κ2) is 13.4. The third-order valence-corrected chi connectivity index (χ3v) is 7.41. The molecule has 0 saturated carbocycles. The molecule has 13 heteroatoms. The average molecular weight is 562 g/mol. The van der Waals surface area contributed by atoms with Gasteiger partial charge in [0.05, 0.1) is 25.6 Å². The molecule has 2 fully saturated rings. The maximum Gasteiger partial charge on any atom is 0.475 e. The van der Waals surface area contributed by atoms with Gasteiger partial charge < -0.3 is 29.7 Å². The van der Waals surface area contributed by atoms with Crippen molar-refractivity contribution in [2.24, 2.45) is 0 Å². The van der Waals surface area contributed by atoms with E-state index >= 15 is 0 Å². The lowest BCUT2D eigenvalue weighted by Crippen LogP contribution is -2.50. The number of alkyl halides is 2. The molecule has 0 bridgehead atoms. The third-order valence-electron chi connectivity index (χ3n) is 7.41. The minimum absolute atomic E-state index is 0.125. The molecular formula is C27H37BF2N4O6. The van der Waals surface area contributed by atoms with E-state index in [4.69, 9.17) is 9.47 Å². The molecule has 3 rings (SSSR count). The number of halogens is 2. The van der Waals surface area contributed by atoms with Crippen molar-refractivity contribution in [2.75, 3.05) is 33.4 Å². The molecule has 2 aliphatic rings. The molecule has 0 spiro atoms. The van der Waals surface area contributed by atoms with Crippen LogP contribution in [0.1, 0.15) is 45.1 Å². The first kappa shape index (κ1) is 31.3. The molecule has 10 nitrogen and oxygen atoms in total. The normalized spacial score (nSPS) is 20.4. The number of carbonyl (C=O) groups is 2. The molecule has 40 heavy (non-hydrogen) atoms. The Kier molecular flexibility index (Phi) is 10.5. The minimum Gasteiger partial charge on any atom is -0.497 e. The van der Waals surface area contributed by atoms with Gasteiger partial charge in [-0.2, -0.15) is 5.26 Å². The van der Waals surface area contributed by atoms with Crippen LogP contribution in [0.25, 0.3) is 0 Å². The van der Waals surface area contributed by atoms with E-state index in [0.29, 0.717) is 25.1 Å². The average Bonchev–Trinajstić information content (AvgIpc) is 3.30. The number of rotatable bonds is 10. The van der Waals surface area contributed by atoms with Crippen molar-refractivity contribution in [3.63, 3.8) is 0 Å². The lowest BCUT2D eigenvalue weighted by molar-refractivity contribution is -0.131. The van der Waals surface area contributed by atoms with E-state index in [9.17, 15) is 33.7 Å². The number of hydrogen-bond donors (Lipinski definition) is 3. The lowest BCUT2D eigenvalue weighted by Gasteiger charge is -2.36. The van der Waals surface area contributed by atoms with Crippen molar-refractivity contribution in [1.29, 1.82) is 5.26 Å². The summed E-state index contributed by atoms with van der Waals surface area (Å²) >= 11 is 0. The number of piperidine rings is 1. The van der Waals surface area contributed by atoms with Gasteiger partial charge in [0.2, 0.25) is 0 Å². The molecule has 0 aromatic heterocycles. The van der Waals surface area contributed by atoms with Crippen LogP contribution in [-0.4, -0.2) is 95.8 Å². The number of hydrogen-bond acceptors (Lipinski definition) is 8. The Morgan fingerprint density at radius 3 is 2.55 bits per heavy atom. The van der Waals surface area contributed by atoms with Gasteiger partial charge in [-0.25, -0.2) is 13.6 Å². The van der Waals surface area contributed by atoms with Gasteiger partial charge in [0.1, 0.15) is 24.0 Å². The van der Waals surface area contributed by atoms with Crippen LogP contribution >= 0.6 is 0 Å². The second-order valence-corrected chi connectivity index (χ2v) is 10.8. The molecule has 1 aromatic rings. The maximum absolute atomic E-state index is 13.8. The van der Waals surface area contributed by atoms with Gasteiger partial charge in [-0.15, -0.1) is 0 Å². The summed E-state index contributed by atoms with van der Waals surface area (Å²) < 4.78 is 38.0. The Balaban J connectivity index is 1.62. The van der Waals surface area contributed by atoms with Crippen molar-refractivity contribution < 1.29 is 37.9 Å². The van der Waals surface area contributed by atoms with E-state index in [0.717, 1.165) is 12.0 Å². The number of nitriles is 1. The molecule has 2 atom stereocenters. The number of nitrogens with zero attached hydrogens (tertiary/aromatic N) is 3. The number of methoxy groups -OCH3 is 1. The van der Waals surface area contributed by atoms with Crippen LogP contribution in [0, 0.1) is 11.3 Å². The highest BCUT2D eigenvalue weighted by Gasteiger charge is 2.43. The first-order chi connectivity index (χ1) is 18.8. The van der Waals surface area contributed by atoms with Gasteiger partial charge >= 0.3 is 13.2 Å². The standard InChI is InChI=1S/C27H37BF2N4O6/c1-26(2,33-13-11-27(29,30)18-33)15-20(16-31)24(35)34-12-5-4-6-21(34)17-40-25(36)32-23(28(37)38)14-19-7-9-22(39-3)10-8-19/h7-10,15,21,23,37-38H,4-6,11-14,17-18H2,1-3H3,(H,32,36)/t21-,23?/m1/s1. The van der Waals surface area contributed by atoms with E-state index in [2.05, 4.69) is 5.32 Å². The summed E-state index contributed by atoms with van der Waals surface area (Å²) in [6.45, 7) is 3.29. The summed E-state index contributed by atoms with van der Waals surface area (Å²) in [5.41, 5.74) is -0.356. The van der Waals surface area contributed by atoms with Gasteiger partial charge in [-0.3, -0.25) is 9.69 Å². The van der Waals surface area contributed by atoms with Crippen LogP contribution in [0.4, 0.5) is 13.6 Å². The lowest BCUT2D eigenvalue weighted by atomic mass is 9.76. The third kappa shape index (κ3) is 8.40. The quantitative estimate of drug-likeness (QED) is 0.225. The molecule has 218 valence electrons. The number of carbonyl (C=O) groups excluding carboxylic acids is 2. The smallest absolute Gasteiger partial charge is 0.475 e. The Hall–Kier alpha value is -3.21. The number of nitrogens with one attached hydrogen (secondary N) is 1. The highest BCUT2D eigenvalue weighted by atomic mass is 19.3. The fourth-order valence-electron chi connectivity index (χ4n) is 5.02. The predicted molar refractivity (Wildman–Crippen MR) is 143 cm³/mol. The van der Waals surface area contributed by atoms with Crippen molar-refractivity contribution in [2.45, 2.75) is 69.4 Å². The summed E-state index contributed by atoms with van der Waals surface area (Å²) in [5.74, 6) is -3.76. The summed E-state index contributed by atoms with van der Waals surface area (Å²) in [7, 11) is -0.311. The van der Waals surface area contributed by atoms with Gasteiger partial charge in [0.25, 0.3) is 11.8 Å². The van der Waals surface area contributed by atoms with Crippen molar-refractivity contribution >= 4 is 19.1 Å². The predicted octanol–water partition coefficient (Wildman–Crippen LogP) is 2.30. The number of likely N-dealkylation sites (tertiary alicyclic amines) is 2. The number of benzene rings is 1. The van der Waals surface area contributed by atoms with Gasteiger partial charge in [0.15, 0.2) is 0 Å². The Morgan fingerprint density at radius 2 is 1.98 bits per heavy atom. The minimum atomic E-state index is -2.81. The van der Waals surface area contributed by atoms with E-state index < -0.39 is 49.1 Å². The number of ether oxygens (including phenoxy) is 2. The molecule has 3 N–H and O–H groups in total. The molecule has 2 aliphatic heterocycles. The summed E-state index contributed by atoms with van der Waals surface area (Å²) in [4.78, 5) is 28.9. The van der Waals surface area contributed by atoms with Crippen molar-refractivity contribution in [3.8, 4) is 11.8 Å². The first-order valence-corrected chi connectivity index (χ1v) is 13.3. The number of alkyl carbamates (subject to hydrolysis) is 1. The SMILES string of the molecule is COc1ccc(CC(NC(=O)OC[C@H]2CCCCN2C(=O)C(C#N)=CC(C)(C)N2CCC(F)(F)C2)B(O)O)cc1. The maximum atomic E-state index is 13.8. The van der Waals surface area contributed by atoms with E-state index in [1.54, 1.807) is 43.0 Å². The first-order valence-electron chi connectivity index (χ1n) is 13.3. The fraction of sp³-hybridized carbons (Fsp3) is 0.593.